The summed E-state index contributed by atoms with van der Waals surface area (Å²) >= 11 is 0. The van der Waals surface area contributed by atoms with Crippen molar-refractivity contribution in [1.29, 1.82) is 10.5 Å². The molecule has 1 fully saturated rings. The van der Waals surface area contributed by atoms with Crippen LogP contribution in [0.5, 0.6) is 0 Å². The van der Waals surface area contributed by atoms with Crippen LogP contribution in [0.2, 0.25) is 0 Å². The zero-order valence-corrected chi connectivity index (χ0v) is 10.4. The topological polar surface area (TPSA) is 72.4 Å². The maximum absolute atomic E-state index is 8.79. The van der Waals surface area contributed by atoms with E-state index in [1.165, 1.54) is 5.70 Å². The molecule has 0 bridgehead atoms. The molecule has 2 aliphatic rings. The van der Waals surface area contributed by atoms with Gasteiger partial charge in [-0.25, -0.2) is 4.99 Å². The van der Waals surface area contributed by atoms with Gasteiger partial charge in [-0.15, -0.1) is 0 Å². The van der Waals surface area contributed by atoms with Crippen LogP contribution >= 0.6 is 0 Å². The quantitative estimate of drug-likeness (QED) is 0.691. The van der Waals surface area contributed by atoms with Crippen LogP contribution < -0.4 is 0 Å². The van der Waals surface area contributed by atoms with Gasteiger partial charge in [0.2, 0.25) is 5.71 Å². The minimum atomic E-state index is -0.0438. The average molecular weight is 244 g/mol. The number of morpholine rings is 1. The maximum atomic E-state index is 8.79. The van der Waals surface area contributed by atoms with Gasteiger partial charge in [0.15, 0.2) is 0 Å². The number of rotatable bonds is 2. The van der Waals surface area contributed by atoms with Gasteiger partial charge in [0.1, 0.15) is 12.1 Å². The molecule has 2 rings (SSSR count). The lowest BCUT2D eigenvalue weighted by atomic mass is 10.00. The first-order chi connectivity index (χ1) is 8.85. The van der Waals surface area contributed by atoms with E-state index in [0.717, 1.165) is 57.7 Å². The minimum Gasteiger partial charge on any atom is -0.378 e. The van der Waals surface area contributed by atoms with Crippen molar-refractivity contribution in [3.8, 4) is 12.1 Å². The van der Waals surface area contributed by atoms with Crippen molar-refractivity contribution < 1.29 is 4.74 Å². The zero-order valence-electron chi connectivity index (χ0n) is 10.4. The van der Waals surface area contributed by atoms with Crippen LogP contribution in [0, 0.1) is 22.7 Å². The van der Waals surface area contributed by atoms with Crippen molar-refractivity contribution in [3.05, 3.63) is 11.4 Å². The fraction of sp³-hybridized carbons (Fsp3) is 0.615. The summed E-state index contributed by atoms with van der Waals surface area (Å²) in [6, 6.07) is 3.67. The zero-order chi connectivity index (χ0) is 12.8. The van der Waals surface area contributed by atoms with E-state index in [2.05, 4.69) is 9.89 Å². The van der Waals surface area contributed by atoms with Gasteiger partial charge in [-0.3, -0.25) is 0 Å². The molecular weight excluding hydrogens is 228 g/mol. The SMILES string of the molecule is N#CC(C#N)=NC1=C(N2CCOCC2)CCCC1. The molecule has 0 radical (unpaired) electrons. The monoisotopic (exact) mass is 244 g/mol. The Morgan fingerprint density at radius 3 is 2.44 bits per heavy atom. The van der Waals surface area contributed by atoms with E-state index in [-0.39, 0.29) is 5.71 Å². The van der Waals surface area contributed by atoms with Crippen LogP contribution in [0.3, 0.4) is 0 Å². The number of ether oxygens (including phenoxy) is 1. The Morgan fingerprint density at radius 1 is 1.11 bits per heavy atom. The fourth-order valence-electron chi connectivity index (χ4n) is 2.38. The van der Waals surface area contributed by atoms with Crippen LogP contribution in [0.1, 0.15) is 25.7 Å². The van der Waals surface area contributed by atoms with Gasteiger partial charge in [0, 0.05) is 18.8 Å². The van der Waals surface area contributed by atoms with Crippen molar-refractivity contribution in [2.45, 2.75) is 25.7 Å². The molecule has 0 atom stereocenters. The molecule has 0 unspecified atom stereocenters. The highest BCUT2D eigenvalue weighted by Crippen LogP contribution is 2.28. The summed E-state index contributed by atoms with van der Waals surface area (Å²) in [5.74, 6) is 0. The van der Waals surface area contributed by atoms with Crippen LogP contribution in [0.15, 0.2) is 16.4 Å². The molecule has 1 aliphatic carbocycles. The lowest BCUT2D eigenvalue weighted by Gasteiger charge is -2.33. The lowest BCUT2D eigenvalue weighted by molar-refractivity contribution is 0.0506. The van der Waals surface area contributed by atoms with Gasteiger partial charge >= 0.3 is 0 Å². The number of nitriles is 2. The van der Waals surface area contributed by atoms with E-state index in [9.17, 15) is 0 Å². The van der Waals surface area contributed by atoms with Crippen LogP contribution in [0.25, 0.3) is 0 Å². The van der Waals surface area contributed by atoms with Crippen molar-refractivity contribution >= 4 is 5.71 Å². The predicted octanol–water partition coefficient (Wildman–Crippen LogP) is 1.59. The van der Waals surface area contributed by atoms with Crippen LogP contribution in [-0.4, -0.2) is 36.9 Å². The molecule has 18 heavy (non-hydrogen) atoms. The smallest absolute Gasteiger partial charge is 0.218 e. The second-order valence-electron chi connectivity index (χ2n) is 4.38. The minimum absolute atomic E-state index is 0.0438. The standard InChI is InChI=1S/C13H16N4O/c14-9-11(10-15)16-12-3-1-2-4-13(12)17-5-7-18-8-6-17/h1-8H2. The van der Waals surface area contributed by atoms with Crippen molar-refractivity contribution in [2.75, 3.05) is 26.3 Å². The number of hydrogen-bond donors (Lipinski definition) is 0. The molecule has 94 valence electrons. The Kier molecular flexibility index (Phi) is 4.33. The first-order valence-corrected chi connectivity index (χ1v) is 6.28. The highest BCUT2D eigenvalue weighted by atomic mass is 16.5. The molecule has 0 N–H and O–H groups in total. The molecule has 1 aliphatic heterocycles. The highest BCUT2D eigenvalue weighted by molar-refractivity contribution is 6.10. The van der Waals surface area contributed by atoms with Gasteiger partial charge in [-0.1, -0.05) is 0 Å². The third kappa shape index (κ3) is 2.88. The maximum Gasteiger partial charge on any atom is 0.218 e. The second kappa shape index (κ2) is 6.18. The van der Waals surface area contributed by atoms with E-state index in [1.54, 1.807) is 0 Å². The van der Waals surface area contributed by atoms with Gasteiger partial charge in [-0.2, -0.15) is 10.5 Å². The molecule has 0 aromatic heterocycles. The Labute approximate surface area is 107 Å². The molecule has 5 nitrogen and oxygen atoms in total. The van der Waals surface area contributed by atoms with Crippen molar-refractivity contribution in [3.63, 3.8) is 0 Å². The molecular formula is C13H16N4O. The number of allylic oxidation sites excluding steroid dienone is 2. The summed E-state index contributed by atoms with van der Waals surface area (Å²) < 4.78 is 5.34. The number of nitrogens with zero attached hydrogens (tertiary/aromatic N) is 4. The molecule has 1 heterocycles. The Balaban J connectivity index is 2.26. The van der Waals surface area contributed by atoms with Gasteiger partial charge in [0.05, 0.1) is 18.9 Å². The number of aliphatic imine (C=N–C) groups is 1. The van der Waals surface area contributed by atoms with Gasteiger partial charge < -0.3 is 9.64 Å². The van der Waals surface area contributed by atoms with Crippen molar-refractivity contribution in [1.82, 2.24) is 4.90 Å². The summed E-state index contributed by atoms with van der Waals surface area (Å²) in [6.45, 7) is 3.24. The summed E-state index contributed by atoms with van der Waals surface area (Å²) in [5.41, 5.74) is 2.08. The molecule has 0 amide bonds. The predicted molar refractivity (Wildman–Crippen MR) is 66.5 cm³/mol. The van der Waals surface area contributed by atoms with E-state index < -0.39 is 0 Å². The van der Waals surface area contributed by atoms with E-state index >= 15 is 0 Å². The molecule has 0 saturated carbocycles. The first-order valence-electron chi connectivity index (χ1n) is 6.28. The largest absolute Gasteiger partial charge is 0.378 e. The average Bonchev–Trinajstić information content (AvgIpc) is 2.46. The Bertz CT molecular complexity index is 431. The first kappa shape index (κ1) is 12.6. The molecule has 0 aromatic carbocycles. The Morgan fingerprint density at radius 2 is 1.78 bits per heavy atom. The molecule has 0 aromatic rings. The number of hydrogen-bond acceptors (Lipinski definition) is 5. The van der Waals surface area contributed by atoms with E-state index in [1.807, 2.05) is 12.1 Å². The third-order valence-electron chi connectivity index (χ3n) is 3.26. The molecule has 0 spiro atoms. The Hall–Kier alpha value is -1.85. The highest BCUT2D eigenvalue weighted by Gasteiger charge is 2.20. The van der Waals surface area contributed by atoms with Crippen molar-refractivity contribution in [2.24, 2.45) is 4.99 Å². The third-order valence-corrected chi connectivity index (χ3v) is 3.26. The second-order valence-corrected chi connectivity index (χ2v) is 4.38. The molecule has 1 saturated heterocycles. The molecule has 5 heteroatoms. The van der Waals surface area contributed by atoms with Crippen LogP contribution in [-0.2, 0) is 4.74 Å². The van der Waals surface area contributed by atoms with Gasteiger partial charge in [0.25, 0.3) is 0 Å². The van der Waals surface area contributed by atoms with Gasteiger partial charge in [-0.05, 0) is 25.7 Å². The fourth-order valence-corrected chi connectivity index (χ4v) is 2.38. The summed E-state index contributed by atoms with van der Waals surface area (Å²) in [4.78, 5) is 6.51. The summed E-state index contributed by atoms with van der Waals surface area (Å²) in [7, 11) is 0. The lowest BCUT2D eigenvalue weighted by Crippen LogP contribution is -2.36. The van der Waals surface area contributed by atoms with Crippen LogP contribution in [0.4, 0.5) is 0 Å². The summed E-state index contributed by atoms with van der Waals surface area (Å²) in [6.07, 6.45) is 4.08. The summed E-state index contributed by atoms with van der Waals surface area (Å²) in [5, 5.41) is 17.6. The van der Waals surface area contributed by atoms with E-state index in [0.29, 0.717) is 0 Å². The normalized spacial score (nSPS) is 20.0. The van der Waals surface area contributed by atoms with E-state index in [4.69, 9.17) is 15.3 Å².